The maximum Gasteiger partial charge on any atom is 0.331 e. The van der Waals surface area contributed by atoms with Crippen LogP contribution in [0.4, 0.5) is 0 Å². The molecule has 2 spiro atoms. The Hall–Kier alpha value is -2.23. The molecule has 9 atom stereocenters. The van der Waals surface area contributed by atoms with Gasteiger partial charge in [-0.2, -0.15) is 0 Å². The molecule has 4 heteroatoms. The van der Waals surface area contributed by atoms with Gasteiger partial charge in [0.15, 0.2) is 11.5 Å². The van der Waals surface area contributed by atoms with Crippen LogP contribution in [0.5, 0.6) is 11.5 Å². The molecule has 0 amide bonds. The zero-order chi connectivity index (χ0) is 31.7. The highest BCUT2D eigenvalue weighted by Gasteiger charge is 2.82. The van der Waals surface area contributed by atoms with Gasteiger partial charge >= 0.3 is 5.97 Å². The summed E-state index contributed by atoms with van der Waals surface area (Å²) < 4.78 is 11.4. The van der Waals surface area contributed by atoms with Crippen molar-refractivity contribution in [1.82, 2.24) is 0 Å². The first-order valence-corrected chi connectivity index (χ1v) is 17.6. The van der Waals surface area contributed by atoms with E-state index in [4.69, 9.17) is 9.47 Å². The number of rotatable bonds is 8. The lowest BCUT2D eigenvalue weighted by Crippen LogP contribution is -2.58. The van der Waals surface area contributed by atoms with Crippen LogP contribution in [0.2, 0.25) is 0 Å². The average Bonchev–Trinajstić information content (AvgIpc) is 3.55. The highest BCUT2D eigenvalue weighted by molar-refractivity contribution is 5.87. The Morgan fingerprint density at radius 3 is 2.43 bits per heavy atom. The van der Waals surface area contributed by atoms with E-state index in [1.165, 1.54) is 83.0 Å². The number of benzene rings is 1. The number of phenolic OH excluding ortho intramolecular Hbond substituents is 1. The molecule has 1 aromatic carbocycles. The average molecular weight is 603 g/mol. The van der Waals surface area contributed by atoms with E-state index >= 15 is 0 Å². The predicted molar refractivity (Wildman–Crippen MR) is 178 cm³/mol. The molecular formula is C40H58O4. The van der Waals surface area contributed by atoms with E-state index in [1.54, 1.807) is 24.3 Å². The van der Waals surface area contributed by atoms with Crippen molar-refractivity contribution in [3.8, 4) is 11.5 Å². The predicted octanol–water partition coefficient (Wildman–Crippen LogP) is 10.1. The molecule has 242 valence electrons. The quantitative estimate of drug-likeness (QED) is 0.183. The molecule has 0 heterocycles. The van der Waals surface area contributed by atoms with Crippen LogP contribution in [0.25, 0.3) is 6.08 Å². The van der Waals surface area contributed by atoms with E-state index in [2.05, 4.69) is 54.5 Å². The molecule has 0 saturated heterocycles. The fraction of sp³-hybridized carbons (Fsp3) is 0.725. The lowest BCUT2D eigenvalue weighted by molar-refractivity contribution is -0.179. The molecule has 1 aromatic rings. The van der Waals surface area contributed by atoms with Crippen molar-refractivity contribution >= 4 is 12.0 Å². The number of aromatic hydroxyl groups is 1. The molecule has 0 radical (unpaired) electrons. The Morgan fingerprint density at radius 1 is 0.977 bits per heavy atom. The Kier molecular flexibility index (Phi) is 7.89. The third-order valence-electron chi connectivity index (χ3n) is 14.8. The van der Waals surface area contributed by atoms with Crippen LogP contribution in [0.3, 0.4) is 0 Å². The molecule has 0 aliphatic heterocycles. The SMILES string of the molecule is COc1cc(/C=C/C(=O)O[C@H]2CC[C@]34C[C@@]35CC[C@]3(C)[C@@H]([C@H](C)CCC=C(C)C)CC[C@@]3(C)[C@@H]5CC[C@H]4C2(C)C)ccc1O. The summed E-state index contributed by atoms with van der Waals surface area (Å²) in [5, 5.41) is 9.88. The number of carbonyl (C=O) groups is 1. The van der Waals surface area contributed by atoms with Crippen molar-refractivity contribution in [3.05, 3.63) is 41.5 Å². The van der Waals surface area contributed by atoms with Gasteiger partial charge < -0.3 is 14.6 Å². The molecule has 5 aliphatic rings. The first kappa shape index (κ1) is 31.7. The van der Waals surface area contributed by atoms with Crippen molar-refractivity contribution in [3.63, 3.8) is 0 Å². The van der Waals surface area contributed by atoms with Gasteiger partial charge in [0.2, 0.25) is 0 Å². The second kappa shape index (κ2) is 10.9. The molecule has 1 N–H and O–H groups in total. The number of esters is 1. The Balaban J connectivity index is 1.15. The standard InChI is InChI=1S/C40H58O4/c1-26(2)10-9-11-27(3)29-18-20-38(7)33-16-15-32-36(4,5)34(19-21-39(32)25-40(33,39)23-22-37(29,38)6)44-35(42)17-13-28-12-14-30(41)31(24-28)43-8/h10,12-14,17,24,27,29,32-34,41H,9,11,15-16,18-23,25H2,1-8H3/b17-13+/t27-,29-,32+,33+,34+,37-,38+,39-,40-/m1/s1. The Morgan fingerprint density at radius 2 is 1.70 bits per heavy atom. The fourth-order valence-corrected chi connectivity index (χ4v) is 12.5. The van der Waals surface area contributed by atoms with Gasteiger partial charge in [0.25, 0.3) is 0 Å². The van der Waals surface area contributed by atoms with Gasteiger partial charge in [0, 0.05) is 11.5 Å². The van der Waals surface area contributed by atoms with E-state index in [9.17, 15) is 9.90 Å². The molecule has 5 aliphatic carbocycles. The highest BCUT2D eigenvalue weighted by atomic mass is 16.5. The molecule has 0 bridgehead atoms. The van der Waals surface area contributed by atoms with Crippen molar-refractivity contribution in [2.24, 2.45) is 50.7 Å². The lowest BCUT2D eigenvalue weighted by Gasteiger charge is -2.63. The second-order valence-electron chi connectivity index (χ2n) is 17.0. The number of allylic oxidation sites excluding steroid dienone is 2. The van der Waals surface area contributed by atoms with E-state index in [0.29, 0.717) is 33.3 Å². The summed E-state index contributed by atoms with van der Waals surface area (Å²) in [4.78, 5) is 13.1. The summed E-state index contributed by atoms with van der Waals surface area (Å²) >= 11 is 0. The molecular weight excluding hydrogens is 544 g/mol. The molecule has 0 unspecified atom stereocenters. The summed E-state index contributed by atoms with van der Waals surface area (Å²) in [6, 6.07) is 5.09. The second-order valence-corrected chi connectivity index (χ2v) is 17.0. The minimum Gasteiger partial charge on any atom is -0.504 e. The van der Waals surface area contributed by atoms with Gasteiger partial charge in [0.1, 0.15) is 6.10 Å². The Labute approximate surface area is 267 Å². The van der Waals surface area contributed by atoms with E-state index < -0.39 is 0 Å². The minimum atomic E-state index is -0.276. The van der Waals surface area contributed by atoms with Crippen molar-refractivity contribution < 1.29 is 19.4 Å². The maximum absolute atomic E-state index is 13.1. The zero-order valence-corrected chi connectivity index (χ0v) is 28.8. The van der Waals surface area contributed by atoms with Gasteiger partial charge in [-0.15, -0.1) is 0 Å². The van der Waals surface area contributed by atoms with E-state index in [-0.39, 0.29) is 23.2 Å². The topological polar surface area (TPSA) is 55.8 Å². The van der Waals surface area contributed by atoms with Gasteiger partial charge in [-0.1, -0.05) is 52.3 Å². The fourth-order valence-electron chi connectivity index (χ4n) is 12.5. The molecule has 6 rings (SSSR count). The van der Waals surface area contributed by atoms with Crippen LogP contribution in [0.1, 0.15) is 125 Å². The Bertz CT molecular complexity index is 1340. The molecule has 5 saturated carbocycles. The largest absolute Gasteiger partial charge is 0.504 e. The third kappa shape index (κ3) is 4.62. The van der Waals surface area contributed by atoms with Crippen LogP contribution >= 0.6 is 0 Å². The first-order valence-electron chi connectivity index (χ1n) is 17.6. The number of phenols is 1. The van der Waals surface area contributed by atoms with E-state index in [1.807, 2.05) is 0 Å². The highest BCUT2D eigenvalue weighted by Crippen LogP contribution is 2.89. The maximum atomic E-state index is 13.1. The number of carbonyl (C=O) groups excluding carboxylic acids is 1. The van der Waals surface area contributed by atoms with Gasteiger partial charge in [-0.25, -0.2) is 4.79 Å². The van der Waals surface area contributed by atoms with Crippen LogP contribution in [-0.4, -0.2) is 24.3 Å². The monoisotopic (exact) mass is 602 g/mol. The number of hydrogen-bond donors (Lipinski definition) is 1. The third-order valence-corrected chi connectivity index (χ3v) is 14.8. The normalized spacial score (nSPS) is 40.6. The first-order chi connectivity index (χ1) is 20.7. The van der Waals surface area contributed by atoms with E-state index in [0.717, 1.165) is 29.7 Å². The molecule has 0 aromatic heterocycles. The molecule has 44 heavy (non-hydrogen) atoms. The summed E-state index contributed by atoms with van der Waals surface area (Å²) in [5.41, 5.74) is 4.08. The number of ether oxygens (including phenoxy) is 2. The van der Waals surface area contributed by atoms with Crippen molar-refractivity contribution in [2.45, 2.75) is 125 Å². The smallest absolute Gasteiger partial charge is 0.331 e. The van der Waals surface area contributed by atoms with Gasteiger partial charge in [-0.3, -0.25) is 0 Å². The summed E-state index contributed by atoms with van der Waals surface area (Å²) in [7, 11) is 1.53. The van der Waals surface area contributed by atoms with Gasteiger partial charge in [-0.05, 0) is 154 Å². The minimum absolute atomic E-state index is 0.0305. The number of hydrogen-bond acceptors (Lipinski definition) is 4. The number of methoxy groups -OCH3 is 1. The zero-order valence-electron chi connectivity index (χ0n) is 28.8. The van der Waals surface area contributed by atoms with Crippen LogP contribution in [0, 0.1) is 50.7 Å². The summed E-state index contributed by atoms with van der Waals surface area (Å²) in [5.74, 6) is 3.33. The van der Waals surface area contributed by atoms with Crippen LogP contribution < -0.4 is 4.74 Å². The molecule has 4 nitrogen and oxygen atoms in total. The number of fused-ring (bicyclic) bond motifs is 2. The van der Waals surface area contributed by atoms with Gasteiger partial charge in [0.05, 0.1) is 7.11 Å². The van der Waals surface area contributed by atoms with Crippen molar-refractivity contribution in [2.75, 3.05) is 7.11 Å². The summed E-state index contributed by atoms with van der Waals surface area (Å²) in [6.45, 7) is 17.2. The summed E-state index contributed by atoms with van der Waals surface area (Å²) in [6.07, 6.45) is 20.1. The molecule has 5 fully saturated rings. The van der Waals surface area contributed by atoms with Crippen LogP contribution in [0.15, 0.2) is 35.9 Å². The van der Waals surface area contributed by atoms with Crippen LogP contribution in [-0.2, 0) is 9.53 Å². The lowest BCUT2D eigenvalue weighted by atomic mass is 9.41. The van der Waals surface area contributed by atoms with Crippen molar-refractivity contribution in [1.29, 1.82) is 0 Å².